The van der Waals surface area contributed by atoms with Crippen molar-refractivity contribution in [3.8, 4) is 0 Å². The van der Waals surface area contributed by atoms with E-state index >= 15 is 0 Å². The first-order valence-electron chi connectivity index (χ1n) is 29.1. The van der Waals surface area contributed by atoms with Crippen molar-refractivity contribution in [1.82, 2.24) is 5.32 Å². The quantitative estimate of drug-likeness (QED) is 0.0261. The van der Waals surface area contributed by atoms with E-state index in [0.29, 0.717) is 6.42 Å². The molecule has 1 fully saturated rings. The number of carbonyl (C=O) groups excluding carboxylic acids is 1. The molecule has 1 amide bonds. The van der Waals surface area contributed by atoms with Gasteiger partial charge in [0.1, 0.15) is 24.4 Å². The summed E-state index contributed by atoms with van der Waals surface area (Å²) in [5.41, 5.74) is 0. The van der Waals surface area contributed by atoms with E-state index in [-0.39, 0.29) is 12.5 Å². The van der Waals surface area contributed by atoms with Crippen LogP contribution in [0, 0.1) is 0 Å². The molecule has 0 bridgehead atoms. The number of carbonyl (C=O) groups is 1. The van der Waals surface area contributed by atoms with Gasteiger partial charge in [-0.1, -0.05) is 269 Å². The van der Waals surface area contributed by atoms with Crippen LogP contribution in [0.25, 0.3) is 0 Å². The van der Waals surface area contributed by atoms with E-state index in [4.69, 9.17) is 9.47 Å². The molecule has 1 rings (SSSR count). The first kappa shape index (κ1) is 63.7. The lowest BCUT2D eigenvalue weighted by atomic mass is 9.99. The molecule has 0 radical (unpaired) electrons. The van der Waals surface area contributed by atoms with Gasteiger partial charge in [0.2, 0.25) is 5.91 Å². The second-order valence-corrected chi connectivity index (χ2v) is 20.4. The zero-order valence-electron chi connectivity index (χ0n) is 43.9. The average Bonchev–Trinajstić information content (AvgIpc) is 3.33. The third-order valence-corrected chi connectivity index (χ3v) is 14.0. The Bertz CT molecular complexity index is 1100. The van der Waals surface area contributed by atoms with E-state index in [1.165, 1.54) is 225 Å². The molecule has 9 nitrogen and oxygen atoms in total. The molecule has 67 heavy (non-hydrogen) atoms. The van der Waals surface area contributed by atoms with E-state index in [1.54, 1.807) is 6.08 Å². The molecule has 0 spiro atoms. The molecule has 1 saturated heterocycles. The highest BCUT2D eigenvalue weighted by Crippen LogP contribution is 2.23. The molecule has 396 valence electrons. The van der Waals surface area contributed by atoms with Crippen molar-refractivity contribution >= 4 is 5.91 Å². The van der Waals surface area contributed by atoms with Gasteiger partial charge in [-0.15, -0.1) is 0 Å². The van der Waals surface area contributed by atoms with Gasteiger partial charge in [-0.2, -0.15) is 0 Å². The van der Waals surface area contributed by atoms with E-state index in [1.807, 2.05) is 6.08 Å². The summed E-state index contributed by atoms with van der Waals surface area (Å²) in [6.45, 7) is 3.80. The van der Waals surface area contributed by atoms with E-state index < -0.39 is 49.5 Å². The summed E-state index contributed by atoms with van der Waals surface area (Å²) in [6.07, 6.45) is 54.0. The Labute approximate surface area is 413 Å². The first-order valence-corrected chi connectivity index (χ1v) is 29.1. The minimum atomic E-state index is -1.57. The van der Waals surface area contributed by atoms with Crippen molar-refractivity contribution in [1.29, 1.82) is 0 Å². The highest BCUT2D eigenvalue weighted by molar-refractivity contribution is 5.76. The molecule has 7 atom stereocenters. The van der Waals surface area contributed by atoms with Gasteiger partial charge in [0.05, 0.1) is 25.4 Å². The Hall–Kier alpha value is -1.33. The van der Waals surface area contributed by atoms with Crippen LogP contribution in [0.5, 0.6) is 0 Å². The van der Waals surface area contributed by atoms with Crippen LogP contribution in [0.3, 0.4) is 0 Å². The van der Waals surface area contributed by atoms with Gasteiger partial charge >= 0.3 is 0 Å². The Kier molecular flexibility index (Phi) is 45.9. The number of allylic oxidation sites excluding steroid dienone is 3. The third kappa shape index (κ3) is 38.1. The number of nitrogens with one attached hydrogen (secondary N) is 1. The van der Waals surface area contributed by atoms with Gasteiger partial charge in [0.15, 0.2) is 6.29 Å². The molecule has 0 saturated carbocycles. The number of aliphatic hydroxyl groups is 5. The maximum absolute atomic E-state index is 13.0. The van der Waals surface area contributed by atoms with Crippen LogP contribution in [0.15, 0.2) is 24.3 Å². The van der Waals surface area contributed by atoms with E-state index in [9.17, 15) is 30.3 Å². The Balaban J connectivity index is 2.19. The lowest BCUT2D eigenvalue weighted by molar-refractivity contribution is -0.302. The van der Waals surface area contributed by atoms with Crippen molar-refractivity contribution in [2.45, 2.75) is 326 Å². The van der Waals surface area contributed by atoms with Crippen molar-refractivity contribution in [3.05, 3.63) is 24.3 Å². The van der Waals surface area contributed by atoms with Gasteiger partial charge in [-0.05, 0) is 32.1 Å². The standard InChI is InChI=1S/C58H111NO8/c1-3-5-7-9-11-13-15-17-19-21-22-23-24-25-26-27-28-29-30-32-34-36-38-40-42-44-46-48-54(62)59-51(50-66-58-57(65)56(64)55(63)53(49-60)67-58)52(61)47-45-43-41-39-37-35-33-31-20-18-16-14-12-10-8-6-4-2/h37,39,45,47,51-53,55-58,60-61,63-65H,3-36,38,40-44,46,48-50H2,1-2H3,(H,59,62)/b39-37+,47-45+. The van der Waals surface area contributed by atoms with Crippen LogP contribution in [-0.2, 0) is 14.3 Å². The summed E-state index contributed by atoms with van der Waals surface area (Å²) in [5, 5.41) is 54.4. The number of aliphatic hydroxyl groups excluding tert-OH is 5. The van der Waals surface area contributed by atoms with Crippen LogP contribution in [0.4, 0.5) is 0 Å². The zero-order chi connectivity index (χ0) is 48.7. The zero-order valence-corrected chi connectivity index (χ0v) is 43.9. The maximum atomic E-state index is 13.0. The largest absolute Gasteiger partial charge is 0.394 e. The minimum absolute atomic E-state index is 0.181. The number of hydrogen-bond acceptors (Lipinski definition) is 8. The second-order valence-electron chi connectivity index (χ2n) is 20.4. The predicted octanol–water partition coefficient (Wildman–Crippen LogP) is 14.2. The molecule has 1 aliphatic rings. The minimum Gasteiger partial charge on any atom is -0.394 e. The summed E-state index contributed by atoms with van der Waals surface area (Å²) in [4.78, 5) is 13.0. The summed E-state index contributed by atoms with van der Waals surface area (Å²) in [7, 11) is 0. The van der Waals surface area contributed by atoms with Crippen molar-refractivity contribution in [2.24, 2.45) is 0 Å². The predicted molar refractivity (Wildman–Crippen MR) is 281 cm³/mol. The van der Waals surface area contributed by atoms with Crippen LogP contribution in [-0.4, -0.2) is 87.5 Å². The molecule has 0 aromatic heterocycles. The normalized spacial score (nSPS) is 19.8. The van der Waals surface area contributed by atoms with Gasteiger partial charge in [0, 0.05) is 6.42 Å². The molecule has 9 heteroatoms. The van der Waals surface area contributed by atoms with Crippen LogP contribution in [0.1, 0.15) is 284 Å². The number of ether oxygens (including phenoxy) is 2. The number of rotatable bonds is 50. The Morgan fingerprint density at radius 3 is 1.25 bits per heavy atom. The smallest absolute Gasteiger partial charge is 0.220 e. The maximum Gasteiger partial charge on any atom is 0.220 e. The summed E-state index contributed by atoms with van der Waals surface area (Å²) in [6, 6.07) is -0.818. The molecule has 0 aliphatic carbocycles. The lowest BCUT2D eigenvalue weighted by Gasteiger charge is -2.40. The third-order valence-electron chi connectivity index (χ3n) is 14.0. The second kappa shape index (κ2) is 48.3. The fourth-order valence-corrected chi connectivity index (χ4v) is 9.41. The number of amides is 1. The molecule has 1 heterocycles. The summed E-state index contributed by atoms with van der Waals surface area (Å²) < 4.78 is 11.3. The lowest BCUT2D eigenvalue weighted by Crippen LogP contribution is -2.60. The van der Waals surface area contributed by atoms with Crippen LogP contribution >= 0.6 is 0 Å². The molecular formula is C58H111NO8. The number of hydrogen-bond donors (Lipinski definition) is 6. The highest BCUT2D eigenvalue weighted by Gasteiger charge is 2.44. The molecule has 1 aliphatic heterocycles. The topological polar surface area (TPSA) is 149 Å². The SMILES string of the molecule is CCCCCCCCCCCCC/C=C/CC/C=C/C(O)C(COC1OC(CO)C(O)C(O)C1O)NC(=O)CCCCCCCCCCCCCCCCCCCCCCCCCCCCC. The van der Waals surface area contributed by atoms with Crippen molar-refractivity contribution in [3.63, 3.8) is 0 Å². The fourth-order valence-electron chi connectivity index (χ4n) is 9.41. The summed E-state index contributed by atoms with van der Waals surface area (Å²) in [5.74, 6) is -0.181. The molecule has 7 unspecified atom stereocenters. The number of unbranched alkanes of at least 4 members (excludes halogenated alkanes) is 38. The first-order chi connectivity index (χ1) is 32.8. The molecular weight excluding hydrogens is 839 g/mol. The Morgan fingerprint density at radius 2 is 0.851 bits per heavy atom. The van der Waals surface area contributed by atoms with E-state index in [0.717, 1.165) is 38.5 Å². The molecule has 6 N–H and O–H groups in total. The van der Waals surface area contributed by atoms with Crippen molar-refractivity contribution < 1.29 is 39.8 Å². The fraction of sp³-hybridized carbons (Fsp3) is 0.914. The van der Waals surface area contributed by atoms with Gasteiger partial charge in [0.25, 0.3) is 0 Å². The monoisotopic (exact) mass is 950 g/mol. The van der Waals surface area contributed by atoms with Crippen LogP contribution < -0.4 is 5.32 Å². The van der Waals surface area contributed by atoms with Crippen LogP contribution in [0.2, 0.25) is 0 Å². The van der Waals surface area contributed by atoms with E-state index in [2.05, 4.69) is 31.3 Å². The van der Waals surface area contributed by atoms with Gasteiger partial charge in [-0.3, -0.25) is 4.79 Å². The molecule has 0 aromatic rings. The highest BCUT2D eigenvalue weighted by atomic mass is 16.7. The Morgan fingerprint density at radius 1 is 0.493 bits per heavy atom. The summed E-state index contributed by atoms with van der Waals surface area (Å²) >= 11 is 0. The average molecular weight is 951 g/mol. The van der Waals surface area contributed by atoms with Gasteiger partial charge in [-0.25, -0.2) is 0 Å². The molecule has 0 aromatic carbocycles. The van der Waals surface area contributed by atoms with Gasteiger partial charge < -0.3 is 40.3 Å². The van der Waals surface area contributed by atoms with Crippen molar-refractivity contribution in [2.75, 3.05) is 13.2 Å².